The van der Waals surface area contributed by atoms with E-state index in [0.717, 1.165) is 16.8 Å². The van der Waals surface area contributed by atoms with Crippen LogP contribution in [0.3, 0.4) is 0 Å². The van der Waals surface area contributed by atoms with Crippen molar-refractivity contribution < 1.29 is 9.59 Å². The first-order valence-electron chi connectivity index (χ1n) is 9.16. The highest BCUT2D eigenvalue weighted by atomic mass is 32.2. The summed E-state index contributed by atoms with van der Waals surface area (Å²) in [4.78, 5) is 26.7. The molecule has 3 aromatic rings. The van der Waals surface area contributed by atoms with Gasteiger partial charge in [0.1, 0.15) is 6.54 Å². The first kappa shape index (κ1) is 19.1. The molecule has 0 saturated carbocycles. The van der Waals surface area contributed by atoms with Crippen LogP contribution < -0.4 is 10.2 Å². The normalized spacial score (nSPS) is 14.3. The summed E-state index contributed by atoms with van der Waals surface area (Å²) in [5.74, 6) is -0.387. The molecule has 2 amide bonds. The molecule has 1 aromatic heterocycles. The van der Waals surface area contributed by atoms with E-state index >= 15 is 0 Å². The summed E-state index contributed by atoms with van der Waals surface area (Å²) in [6.45, 7) is 5.81. The molecule has 1 aliphatic rings. The Balaban J connectivity index is 1.58. The summed E-state index contributed by atoms with van der Waals surface area (Å²) in [6, 6.07) is 13.3. The Hall–Kier alpha value is -3.20. The van der Waals surface area contributed by atoms with Crippen molar-refractivity contribution >= 4 is 35.0 Å². The fourth-order valence-corrected chi connectivity index (χ4v) is 4.21. The number of hydrogen-bond donors (Lipinski definition) is 1. The average molecular weight is 408 g/mol. The zero-order valence-corrected chi connectivity index (χ0v) is 17.1. The van der Waals surface area contributed by atoms with Gasteiger partial charge in [-0.15, -0.1) is 5.10 Å². The monoisotopic (exact) mass is 408 g/mol. The van der Waals surface area contributed by atoms with Gasteiger partial charge in [0.2, 0.25) is 17.0 Å². The van der Waals surface area contributed by atoms with Crippen LogP contribution in [0.1, 0.15) is 18.1 Å². The van der Waals surface area contributed by atoms with Crippen LogP contribution in [0.15, 0.2) is 47.6 Å². The topological polar surface area (TPSA) is 93.0 Å². The van der Waals surface area contributed by atoms with Gasteiger partial charge in [-0.25, -0.2) is 0 Å². The SMILES string of the molecule is Cc1cc(C)cc(-n2nnnc2S[C@H](C)C(=O)N2CC(=O)Nc3ccccc32)c1. The first-order chi connectivity index (χ1) is 13.9. The molecular weight excluding hydrogens is 388 g/mol. The fourth-order valence-electron chi connectivity index (χ4n) is 3.35. The molecule has 0 saturated heterocycles. The van der Waals surface area contributed by atoms with Gasteiger partial charge in [0.15, 0.2) is 0 Å². The summed E-state index contributed by atoms with van der Waals surface area (Å²) in [5, 5.41) is 14.8. The standard InChI is InChI=1S/C20H20N6O2S/c1-12-8-13(2)10-15(9-12)26-20(22-23-24-26)29-14(3)19(28)25-11-18(27)21-16-6-4-5-7-17(16)25/h4-10,14H,11H2,1-3H3,(H,21,27)/t14-/m1/s1. The zero-order chi connectivity index (χ0) is 20.5. The lowest BCUT2D eigenvalue weighted by atomic mass is 10.1. The minimum absolute atomic E-state index is 0.0111. The summed E-state index contributed by atoms with van der Waals surface area (Å²) < 4.78 is 1.63. The van der Waals surface area contributed by atoms with Crippen molar-refractivity contribution in [3.8, 4) is 5.69 Å². The van der Waals surface area contributed by atoms with Crippen LogP contribution in [0.25, 0.3) is 5.69 Å². The third kappa shape index (κ3) is 3.86. The maximum absolute atomic E-state index is 13.1. The first-order valence-corrected chi connectivity index (χ1v) is 10.0. The Labute approximate surface area is 172 Å². The maximum Gasteiger partial charge on any atom is 0.244 e. The number of benzene rings is 2. The van der Waals surface area contributed by atoms with Gasteiger partial charge < -0.3 is 5.32 Å². The number of nitrogens with one attached hydrogen (secondary N) is 1. The molecule has 0 spiro atoms. The van der Waals surface area contributed by atoms with Gasteiger partial charge in [-0.05, 0) is 66.6 Å². The number of thioether (sulfide) groups is 1. The van der Waals surface area contributed by atoms with Crippen molar-refractivity contribution in [2.24, 2.45) is 0 Å². The molecule has 148 valence electrons. The number of tetrazole rings is 1. The molecule has 1 aliphatic heterocycles. The zero-order valence-electron chi connectivity index (χ0n) is 16.3. The highest BCUT2D eigenvalue weighted by Gasteiger charge is 2.31. The molecule has 4 rings (SSSR count). The fraction of sp³-hybridized carbons (Fsp3) is 0.250. The van der Waals surface area contributed by atoms with Crippen LogP contribution in [-0.2, 0) is 9.59 Å². The number of para-hydroxylation sites is 2. The van der Waals surface area contributed by atoms with Crippen LogP contribution in [0, 0.1) is 13.8 Å². The minimum Gasteiger partial charge on any atom is -0.323 e. The maximum atomic E-state index is 13.1. The van der Waals surface area contributed by atoms with E-state index in [1.807, 2.05) is 44.2 Å². The number of fused-ring (bicyclic) bond motifs is 1. The predicted octanol–water partition coefficient (Wildman–Crippen LogP) is 2.75. The van der Waals surface area contributed by atoms with Crippen LogP contribution in [0.2, 0.25) is 0 Å². The molecule has 8 nitrogen and oxygen atoms in total. The number of aryl methyl sites for hydroxylation is 2. The van der Waals surface area contributed by atoms with Crippen molar-refractivity contribution in [2.45, 2.75) is 31.2 Å². The van der Waals surface area contributed by atoms with E-state index in [4.69, 9.17) is 0 Å². The van der Waals surface area contributed by atoms with E-state index < -0.39 is 5.25 Å². The van der Waals surface area contributed by atoms with E-state index in [-0.39, 0.29) is 18.4 Å². The second kappa shape index (κ2) is 7.67. The summed E-state index contributed by atoms with van der Waals surface area (Å²) in [5.41, 5.74) is 4.38. The minimum atomic E-state index is -0.482. The van der Waals surface area contributed by atoms with E-state index in [0.29, 0.717) is 16.5 Å². The number of nitrogens with zero attached hydrogens (tertiary/aromatic N) is 5. The van der Waals surface area contributed by atoms with E-state index in [1.165, 1.54) is 16.7 Å². The van der Waals surface area contributed by atoms with Gasteiger partial charge in [0.05, 0.1) is 22.3 Å². The lowest BCUT2D eigenvalue weighted by molar-refractivity contribution is -0.121. The molecule has 2 aromatic carbocycles. The predicted molar refractivity (Wildman–Crippen MR) is 111 cm³/mol. The van der Waals surface area contributed by atoms with Crippen molar-refractivity contribution in [1.82, 2.24) is 20.2 Å². The number of rotatable bonds is 4. The van der Waals surface area contributed by atoms with Crippen molar-refractivity contribution in [1.29, 1.82) is 0 Å². The lowest BCUT2D eigenvalue weighted by Crippen LogP contribution is -2.45. The molecule has 0 unspecified atom stereocenters. The van der Waals surface area contributed by atoms with E-state index in [9.17, 15) is 9.59 Å². The number of aromatic nitrogens is 4. The Morgan fingerprint density at radius 3 is 2.66 bits per heavy atom. The van der Waals surface area contributed by atoms with Crippen molar-refractivity contribution in [3.63, 3.8) is 0 Å². The van der Waals surface area contributed by atoms with Crippen LogP contribution in [-0.4, -0.2) is 43.8 Å². The molecule has 0 bridgehead atoms. The third-order valence-corrected chi connectivity index (χ3v) is 5.58. The lowest BCUT2D eigenvalue weighted by Gasteiger charge is -2.30. The quantitative estimate of drug-likeness (QED) is 0.668. The molecular formula is C20H20N6O2S. The molecule has 2 heterocycles. The average Bonchev–Trinajstić information content (AvgIpc) is 3.14. The van der Waals surface area contributed by atoms with E-state index in [1.54, 1.807) is 17.7 Å². The second-order valence-corrected chi connectivity index (χ2v) is 8.28. The number of carbonyl (C=O) groups excluding carboxylic acids is 2. The molecule has 9 heteroatoms. The van der Waals surface area contributed by atoms with E-state index in [2.05, 4.69) is 26.9 Å². The summed E-state index contributed by atoms with van der Waals surface area (Å²) >= 11 is 1.26. The summed E-state index contributed by atoms with van der Waals surface area (Å²) in [6.07, 6.45) is 0. The highest BCUT2D eigenvalue weighted by molar-refractivity contribution is 8.00. The number of hydrogen-bond acceptors (Lipinski definition) is 6. The van der Waals surface area contributed by atoms with Crippen LogP contribution in [0.4, 0.5) is 11.4 Å². The third-order valence-electron chi connectivity index (χ3n) is 4.56. The Morgan fingerprint density at radius 1 is 1.17 bits per heavy atom. The van der Waals surface area contributed by atoms with Gasteiger partial charge in [0, 0.05) is 0 Å². The van der Waals surface area contributed by atoms with Gasteiger partial charge in [0.25, 0.3) is 0 Å². The second-order valence-electron chi connectivity index (χ2n) is 6.97. The molecule has 0 radical (unpaired) electrons. The van der Waals surface area contributed by atoms with Gasteiger partial charge in [-0.2, -0.15) is 4.68 Å². The van der Waals surface area contributed by atoms with Crippen LogP contribution in [0.5, 0.6) is 0 Å². The Morgan fingerprint density at radius 2 is 1.90 bits per heavy atom. The Bertz CT molecular complexity index is 1080. The van der Waals surface area contributed by atoms with Crippen molar-refractivity contribution in [2.75, 3.05) is 16.8 Å². The number of anilines is 2. The molecule has 29 heavy (non-hydrogen) atoms. The molecule has 0 fully saturated rings. The van der Waals surface area contributed by atoms with Crippen LogP contribution >= 0.6 is 11.8 Å². The Kier molecular flexibility index (Phi) is 5.06. The van der Waals surface area contributed by atoms with Gasteiger partial charge >= 0.3 is 0 Å². The molecule has 1 N–H and O–H groups in total. The van der Waals surface area contributed by atoms with Crippen molar-refractivity contribution in [3.05, 3.63) is 53.6 Å². The summed E-state index contributed by atoms with van der Waals surface area (Å²) in [7, 11) is 0. The number of amides is 2. The molecule has 0 aliphatic carbocycles. The van der Waals surface area contributed by atoms with Gasteiger partial charge in [-0.1, -0.05) is 30.0 Å². The molecule has 1 atom stereocenters. The smallest absolute Gasteiger partial charge is 0.244 e. The highest BCUT2D eigenvalue weighted by Crippen LogP contribution is 2.32. The van der Waals surface area contributed by atoms with Gasteiger partial charge in [-0.3, -0.25) is 14.5 Å². The number of carbonyl (C=O) groups is 2. The largest absolute Gasteiger partial charge is 0.323 e.